The highest BCUT2D eigenvalue weighted by molar-refractivity contribution is 7.59. The van der Waals surface area contributed by atoms with E-state index >= 15 is 0 Å². The second-order valence-electron chi connectivity index (χ2n) is 4.45. The van der Waals surface area contributed by atoms with Gasteiger partial charge in [0.1, 0.15) is 5.82 Å². The van der Waals surface area contributed by atoms with E-state index in [-0.39, 0.29) is 25.1 Å². The molecule has 0 fully saturated rings. The third-order valence-corrected chi connectivity index (χ3v) is 2.98. The van der Waals surface area contributed by atoms with Crippen LogP contribution in [0.1, 0.15) is 15.9 Å². The van der Waals surface area contributed by atoms with E-state index in [4.69, 9.17) is 5.73 Å². The van der Waals surface area contributed by atoms with E-state index < -0.39 is 11.7 Å². The predicted octanol–water partition coefficient (Wildman–Crippen LogP) is 0.730. The molecule has 0 saturated carbocycles. The van der Waals surface area contributed by atoms with Crippen LogP contribution in [0.15, 0.2) is 18.2 Å². The van der Waals surface area contributed by atoms with Crippen LogP contribution in [0.5, 0.6) is 0 Å². The summed E-state index contributed by atoms with van der Waals surface area (Å²) in [6.07, 6.45) is 0.661. The second kappa shape index (κ2) is 8.14. The van der Waals surface area contributed by atoms with Crippen molar-refractivity contribution in [3.63, 3.8) is 0 Å². The molecule has 0 spiro atoms. The van der Waals surface area contributed by atoms with Crippen LogP contribution >= 0.6 is 13.5 Å². The van der Waals surface area contributed by atoms with E-state index in [0.29, 0.717) is 13.0 Å². The summed E-state index contributed by atoms with van der Waals surface area (Å²) in [6, 6.07) is 4.83. The molecule has 108 valence electrons. The molecular formula is C13H22FN3OS. The first-order valence-corrected chi connectivity index (χ1v) is 5.86. The fourth-order valence-electron chi connectivity index (χ4n) is 1.75. The van der Waals surface area contributed by atoms with Crippen LogP contribution in [0.25, 0.3) is 0 Å². The van der Waals surface area contributed by atoms with E-state index in [1.54, 1.807) is 6.07 Å². The Morgan fingerprint density at radius 2 is 2.11 bits per heavy atom. The molecule has 0 unspecified atom stereocenters. The number of amides is 1. The number of carbonyl (C=O) groups is 1. The monoisotopic (exact) mass is 287 g/mol. The molecule has 0 aliphatic carbocycles. The van der Waals surface area contributed by atoms with Crippen molar-refractivity contribution < 1.29 is 9.18 Å². The average molecular weight is 287 g/mol. The number of nitrogens with zero attached hydrogens (tertiary/aromatic N) is 1. The zero-order valence-electron chi connectivity index (χ0n) is 11.5. The van der Waals surface area contributed by atoms with Gasteiger partial charge in [-0.1, -0.05) is 6.07 Å². The zero-order chi connectivity index (χ0) is 13.7. The lowest BCUT2D eigenvalue weighted by molar-refractivity contribution is 0.0959. The van der Waals surface area contributed by atoms with Crippen molar-refractivity contribution in [2.75, 3.05) is 27.7 Å². The Labute approximate surface area is 120 Å². The number of rotatable bonds is 5. The van der Waals surface area contributed by atoms with Crippen LogP contribution in [0.4, 0.5) is 4.39 Å². The third-order valence-electron chi connectivity index (χ3n) is 2.98. The van der Waals surface area contributed by atoms with Crippen LogP contribution in [-0.4, -0.2) is 44.5 Å². The van der Waals surface area contributed by atoms with Gasteiger partial charge in [-0.2, -0.15) is 13.5 Å². The topological polar surface area (TPSA) is 58.4 Å². The summed E-state index contributed by atoms with van der Waals surface area (Å²) >= 11 is 0. The van der Waals surface area contributed by atoms with E-state index in [1.165, 1.54) is 19.2 Å². The highest BCUT2D eigenvalue weighted by Gasteiger charge is 2.14. The molecule has 1 amide bonds. The Balaban J connectivity index is 0.00000324. The lowest BCUT2D eigenvalue weighted by Crippen LogP contribution is -2.36. The first kappa shape index (κ1) is 17.9. The van der Waals surface area contributed by atoms with Crippen LogP contribution < -0.4 is 11.1 Å². The highest BCUT2D eigenvalue weighted by Crippen LogP contribution is 2.13. The van der Waals surface area contributed by atoms with Crippen molar-refractivity contribution in [2.24, 2.45) is 5.73 Å². The molecule has 0 aliphatic rings. The van der Waals surface area contributed by atoms with E-state index in [2.05, 4.69) is 5.32 Å². The molecule has 0 aromatic heterocycles. The Hall–Kier alpha value is -1.11. The third kappa shape index (κ3) is 4.81. The minimum atomic E-state index is -0.499. The van der Waals surface area contributed by atoms with Crippen molar-refractivity contribution in [1.29, 1.82) is 0 Å². The van der Waals surface area contributed by atoms with Crippen molar-refractivity contribution in [3.05, 3.63) is 35.1 Å². The lowest BCUT2D eigenvalue weighted by atomic mass is 10.0. The Morgan fingerprint density at radius 3 is 2.53 bits per heavy atom. The number of likely N-dealkylation sites (N-methyl/N-ethyl adjacent to an activating group) is 1. The summed E-state index contributed by atoms with van der Waals surface area (Å²) in [5, 5.41) is 2.40. The van der Waals surface area contributed by atoms with Crippen LogP contribution in [0, 0.1) is 5.82 Å². The number of hydrogen-bond donors (Lipinski definition) is 2. The number of carbonyl (C=O) groups excluding carboxylic acids is 1. The van der Waals surface area contributed by atoms with Gasteiger partial charge >= 0.3 is 0 Å². The SMILES string of the molecule is CNC(=O)c1ccc(C[C@@H](CN)N(C)C)cc1F.S. The minimum absolute atomic E-state index is 0. The number of nitrogens with two attached hydrogens (primary N) is 1. The maximum Gasteiger partial charge on any atom is 0.253 e. The zero-order valence-corrected chi connectivity index (χ0v) is 12.5. The van der Waals surface area contributed by atoms with Gasteiger partial charge in [0.05, 0.1) is 5.56 Å². The summed E-state index contributed by atoms with van der Waals surface area (Å²) in [6.45, 7) is 0.506. The maximum atomic E-state index is 13.7. The van der Waals surface area contributed by atoms with Crippen LogP contribution in [0.2, 0.25) is 0 Å². The van der Waals surface area contributed by atoms with Crippen LogP contribution in [0.3, 0.4) is 0 Å². The predicted molar refractivity (Wildman–Crippen MR) is 80.4 cm³/mol. The molecule has 0 bridgehead atoms. The van der Waals surface area contributed by atoms with Gasteiger partial charge < -0.3 is 16.0 Å². The normalized spacial score (nSPS) is 11.9. The van der Waals surface area contributed by atoms with Gasteiger partial charge in [0.2, 0.25) is 0 Å². The largest absolute Gasteiger partial charge is 0.355 e. The fourth-order valence-corrected chi connectivity index (χ4v) is 1.75. The standard InChI is InChI=1S/C13H20FN3O.H2S/c1-16-13(18)11-5-4-9(7-12(11)14)6-10(8-15)17(2)3;/h4-5,7,10H,6,8,15H2,1-3H3,(H,16,18);1H2/t10-;/m0./s1. The van der Waals surface area contributed by atoms with Crippen molar-refractivity contribution >= 4 is 19.4 Å². The number of benzene rings is 1. The summed E-state index contributed by atoms with van der Waals surface area (Å²) in [5.41, 5.74) is 6.56. The molecule has 3 N–H and O–H groups in total. The summed E-state index contributed by atoms with van der Waals surface area (Å²) in [4.78, 5) is 13.4. The van der Waals surface area contributed by atoms with Gasteiger partial charge in [0.15, 0.2) is 0 Å². The molecular weight excluding hydrogens is 265 g/mol. The smallest absolute Gasteiger partial charge is 0.253 e. The summed E-state index contributed by atoms with van der Waals surface area (Å²) < 4.78 is 13.7. The van der Waals surface area contributed by atoms with Gasteiger partial charge in [0, 0.05) is 19.6 Å². The molecule has 0 radical (unpaired) electrons. The lowest BCUT2D eigenvalue weighted by Gasteiger charge is -2.22. The molecule has 0 saturated heterocycles. The Kier molecular flexibility index (Phi) is 7.66. The van der Waals surface area contributed by atoms with Gasteiger partial charge in [-0.3, -0.25) is 4.79 Å². The molecule has 1 atom stereocenters. The first-order valence-electron chi connectivity index (χ1n) is 5.86. The van der Waals surface area contributed by atoms with Crippen molar-refractivity contribution in [3.8, 4) is 0 Å². The first-order chi connectivity index (χ1) is 8.49. The van der Waals surface area contributed by atoms with Crippen molar-refractivity contribution in [1.82, 2.24) is 10.2 Å². The number of hydrogen-bond acceptors (Lipinski definition) is 3. The highest BCUT2D eigenvalue weighted by atomic mass is 32.1. The van der Waals surface area contributed by atoms with E-state index in [1.807, 2.05) is 19.0 Å². The fraction of sp³-hybridized carbons (Fsp3) is 0.462. The average Bonchev–Trinajstić information content (AvgIpc) is 2.34. The number of halogens is 1. The molecule has 4 nitrogen and oxygen atoms in total. The van der Waals surface area contributed by atoms with Gasteiger partial charge in [-0.25, -0.2) is 4.39 Å². The summed E-state index contributed by atoms with van der Waals surface area (Å²) in [5.74, 6) is -0.914. The molecule has 19 heavy (non-hydrogen) atoms. The number of nitrogens with one attached hydrogen (secondary N) is 1. The van der Waals surface area contributed by atoms with Gasteiger partial charge in [0.25, 0.3) is 5.91 Å². The van der Waals surface area contributed by atoms with Gasteiger partial charge in [-0.15, -0.1) is 0 Å². The molecule has 1 aromatic rings. The quantitative estimate of drug-likeness (QED) is 0.839. The van der Waals surface area contributed by atoms with Crippen LogP contribution in [-0.2, 0) is 6.42 Å². The summed E-state index contributed by atoms with van der Waals surface area (Å²) in [7, 11) is 5.35. The molecule has 0 aliphatic heterocycles. The molecule has 6 heteroatoms. The molecule has 1 rings (SSSR count). The Bertz CT molecular complexity index is 426. The van der Waals surface area contributed by atoms with E-state index in [0.717, 1.165) is 5.56 Å². The Morgan fingerprint density at radius 1 is 1.47 bits per heavy atom. The van der Waals surface area contributed by atoms with E-state index in [9.17, 15) is 9.18 Å². The van der Waals surface area contributed by atoms with Gasteiger partial charge in [-0.05, 0) is 38.2 Å². The maximum absolute atomic E-state index is 13.7. The van der Waals surface area contributed by atoms with Crippen molar-refractivity contribution in [2.45, 2.75) is 12.5 Å². The molecule has 0 heterocycles. The molecule has 1 aromatic carbocycles. The second-order valence-corrected chi connectivity index (χ2v) is 4.45. The minimum Gasteiger partial charge on any atom is -0.355 e.